The first-order valence-electron chi connectivity index (χ1n) is 6.70. The summed E-state index contributed by atoms with van der Waals surface area (Å²) in [5.41, 5.74) is 8.97. The fourth-order valence-electron chi connectivity index (χ4n) is 1.30. The van der Waals surface area contributed by atoms with Crippen molar-refractivity contribution >= 4 is 0 Å². The summed E-state index contributed by atoms with van der Waals surface area (Å²) in [6.07, 6.45) is 12.4. The van der Waals surface area contributed by atoms with E-state index in [2.05, 4.69) is 62.9 Å². The van der Waals surface area contributed by atoms with Crippen molar-refractivity contribution in [2.24, 2.45) is 11.8 Å². The molecule has 0 saturated carbocycles. The van der Waals surface area contributed by atoms with Crippen LogP contribution in [0.15, 0.2) is 47.9 Å². The summed E-state index contributed by atoms with van der Waals surface area (Å²) < 4.78 is 0. The molecule has 102 valence electrons. The molecule has 2 N–H and O–H groups in total. The Morgan fingerprint density at radius 2 is 1.06 bits per heavy atom. The Bertz CT molecular complexity index is 297. The second-order valence-electron chi connectivity index (χ2n) is 4.85. The van der Waals surface area contributed by atoms with Crippen molar-refractivity contribution in [2.75, 3.05) is 0 Å². The van der Waals surface area contributed by atoms with Gasteiger partial charge >= 0.3 is 0 Å². The van der Waals surface area contributed by atoms with Crippen molar-refractivity contribution < 1.29 is 0 Å². The lowest BCUT2D eigenvalue weighted by Gasteiger charge is -2.19. The summed E-state index contributed by atoms with van der Waals surface area (Å²) in [4.78, 5) is 0. The average Bonchev–Trinajstić information content (AvgIpc) is 2.31. The van der Waals surface area contributed by atoms with E-state index in [-0.39, 0.29) is 0 Å². The topological polar surface area (TPSA) is 24.1 Å². The molecule has 0 saturated heterocycles. The van der Waals surface area contributed by atoms with Crippen LogP contribution in [-0.4, -0.2) is 0 Å². The van der Waals surface area contributed by atoms with Crippen LogP contribution in [0.4, 0.5) is 0 Å². The molecule has 0 rings (SSSR count). The van der Waals surface area contributed by atoms with Gasteiger partial charge < -0.3 is 10.9 Å². The van der Waals surface area contributed by atoms with Gasteiger partial charge in [0.05, 0.1) is 0 Å². The molecule has 0 aromatic heterocycles. The minimum Gasteiger partial charge on any atom is -0.305 e. The van der Waals surface area contributed by atoms with Gasteiger partial charge in [0.2, 0.25) is 0 Å². The lowest BCUT2D eigenvalue weighted by Crippen LogP contribution is -2.34. The van der Waals surface area contributed by atoms with Crippen LogP contribution in [0.3, 0.4) is 0 Å². The average molecular weight is 248 g/mol. The van der Waals surface area contributed by atoms with Crippen molar-refractivity contribution in [2.45, 2.75) is 41.5 Å². The Hall–Kier alpha value is -1.44. The Kier molecular flexibility index (Phi) is 8.81. The smallest absolute Gasteiger partial charge is 0.0339 e. The number of allylic oxidation sites excluding steroid dienone is 8. The van der Waals surface area contributed by atoms with Crippen molar-refractivity contribution in [1.29, 1.82) is 0 Å². The molecule has 0 spiro atoms. The van der Waals surface area contributed by atoms with Crippen LogP contribution in [0.25, 0.3) is 0 Å². The zero-order chi connectivity index (χ0) is 14.0. The predicted octanol–water partition coefficient (Wildman–Crippen LogP) is 4.31. The monoisotopic (exact) mass is 248 g/mol. The van der Waals surface area contributed by atoms with Crippen LogP contribution in [-0.2, 0) is 0 Å². The molecule has 0 aromatic carbocycles. The maximum atomic E-state index is 3.30. The molecule has 2 heteroatoms. The van der Waals surface area contributed by atoms with E-state index in [4.69, 9.17) is 0 Å². The van der Waals surface area contributed by atoms with Gasteiger partial charge in [-0.3, -0.25) is 0 Å². The zero-order valence-electron chi connectivity index (χ0n) is 12.6. The SMILES string of the molecule is CC=CC=C(NNC(=CC=CC)C(C)C)C(C)C. The van der Waals surface area contributed by atoms with Gasteiger partial charge in [0, 0.05) is 11.4 Å². The van der Waals surface area contributed by atoms with Crippen LogP contribution in [0.5, 0.6) is 0 Å². The first kappa shape index (κ1) is 16.6. The Morgan fingerprint density at radius 3 is 1.28 bits per heavy atom. The summed E-state index contributed by atoms with van der Waals surface area (Å²) in [5, 5.41) is 0. The molecule has 0 aliphatic carbocycles. The van der Waals surface area contributed by atoms with Crippen molar-refractivity contribution in [3.05, 3.63) is 47.9 Å². The molecule has 0 bridgehead atoms. The lowest BCUT2D eigenvalue weighted by atomic mass is 10.1. The van der Waals surface area contributed by atoms with E-state index >= 15 is 0 Å². The van der Waals surface area contributed by atoms with Crippen LogP contribution in [0, 0.1) is 11.8 Å². The van der Waals surface area contributed by atoms with Gasteiger partial charge in [0.15, 0.2) is 0 Å². The summed E-state index contributed by atoms with van der Waals surface area (Å²) in [6.45, 7) is 12.7. The molecular weight excluding hydrogens is 220 g/mol. The summed E-state index contributed by atoms with van der Waals surface area (Å²) in [6, 6.07) is 0. The lowest BCUT2D eigenvalue weighted by molar-refractivity contribution is 0.551. The highest BCUT2D eigenvalue weighted by Crippen LogP contribution is 2.08. The fraction of sp³-hybridized carbons (Fsp3) is 0.500. The van der Waals surface area contributed by atoms with Gasteiger partial charge in [-0.15, -0.1) is 0 Å². The normalized spacial score (nSPS) is 14.2. The van der Waals surface area contributed by atoms with Crippen molar-refractivity contribution in [3.8, 4) is 0 Å². The molecule has 0 unspecified atom stereocenters. The maximum absolute atomic E-state index is 3.30. The molecule has 0 aliphatic heterocycles. The number of hydrazine groups is 1. The first-order chi connectivity index (χ1) is 8.52. The van der Waals surface area contributed by atoms with E-state index in [9.17, 15) is 0 Å². The highest BCUT2D eigenvalue weighted by molar-refractivity contribution is 5.15. The maximum Gasteiger partial charge on any atom is 0.0339 e. The molecule has 18 heavy (non-hydrogen) atoms. The molecular formula is C16H28N2. The summed E-state index contributed by atoms with van der Waals surface area (Å²) >= 11 is 0. The second-order valence-corrected chi connectivity index (χ2v) is 4.85. The Labute approximate surface area is 113 Å². The number of hydrogen-bond donors (Lipinski definition) is 2. The van der Waals surface area contributed by atoms with E-state index in [1.54, 1.807) is 0 Å². The van der Waals surface area contributed by atoms with Gasteiger partial charge in [0.25, 0.3) is 0 Å². The van der Waals surface area contributed by atoms with Gasteiger partial charge in [0.1, 0.15) is 0 Å². The number of rotatable bonds is 7. The largest absolute Gasteiger partial charge is 0.305 e. The summed E-state index contributed by atoms with van der Waals surface area (Å²) in [5.74, 6) is 0.924. The highest BCUT2D eigenvalue weighted by atomic mass is 15.4. The minimum atomic E-state index is 0.462. The van der Waals surface area contributed by atoms with E-state index < -0.39 is 0 Å². The van der Waals surface area contributed by atoms with Crippen LogP contribution in [0.1, 0.15) is 41.5 Å². The van der Waals surface area contributed by atoms with Gasteiger partial charge in [-0.25, -0.2) is 0 Å². The molecule has 0 heterocycles. The predicted molar refractivity (Wildman–Crippen MR) is 81.7 cm³/mol. The van der Waals surface area contributed by atoms with E-state index in [0.29, 0.717) is 11.8 Å². The molecule has 2 nitrogen and oxygen atoms in total. The Morgan fingerprint density at radius 1 is 0.722 bits per heavy atom. The molecule has 0 amide bonds. The third-order valence-electron chi connectivity index (χ3n) is 2.53. The van der Waals surface area contributed by atoms with Crippen molar-refractivity contribution in [1.82, 2.24) is 10.9 Å². The highest BCUT2D eigenvalue weighted by Gasteiger charge is 2.04. The van der Waals surface area contributed by atoms with E-state index in [1.165, 1.54) is 11.4 Å². The minimum absolute atomic E-state index is 0.462. The van der Waals surface area contributed by atoms with Gasteiger partial charge in [-0.05, 0) is 37.8 Å². The number of hydrogen-bond acceptors (Lipinski definition) is 2. The van der Waals surface area contributed by atoms with Crippen LogP contribution >= 0.6 is 0 Å². The third kappa shape index (κ3) is 7.00. The van der Waals surface area contributed by atoms with E-state index in [0.717, 1.165) is 0 Å². The molecule has 0 fully saturated rings. The molecule has 0 radical (unpaired) electrons. The van der Waals surface area contributed by atoms with Crippen molar-refractivity contribution in [3.63, 3.8) is 0 Å². The van der Waals surface area contributed by atoms with Crippen LogP contribution < -0.4 is 10.9 Å². The fourth-order valence-corrected chi connectivity index (χ4v) is 1.30. The molecule has 0 aliphatic rings. The van der Waals surface area contributed by atoms with Gasteiger partial charge in [-0.1, -0.05) is 52.0 Å². The number of nitrogens with one attached hydrogen (secondary N) is 2. The standard InChI is InChI=1S/C16H28N2/c1-7-9-11-15(13(3)4)17-18-16(14(5)6)12-10-8-2/h7-14,17-18H,1-6H3. The molecule has 0 aromatic rings. The quantitative estimate of drug-likeness (QED) is 0.518. The molecule has 0 atom stereocenters. The second kappa shape index (κ2) is 9.58. The van der Waals surface area contributed by atoms with Gasteiger partial charge in [-0.2, -0.15) is 0 Å². The zero-order valence-corrected chi connectivity index (χ0v) is 12.6. The third-order valence-corrected chi connectivity index (χ3v) is 2.53. The first-order valence-corrected chi connectivity index (χ1v) is 6.70. The Balaban J connectivity index is 4.67. The van der Waals surface area contributed by atoms with E-state index in [1.807, 2.05) is 26.0 Å². The summed E-state index contributed by atoms with van der Waals surface area (Å²) in [7, 11) is 0. The van der Waals surface area contributed by atoms with Crippen LogP contribution in [0.2, 0.25) is 0 Å².